The molecule has 3 aromatic rings. The van der Waals surface area contributed by atoms with Gasteiger partial charge in [0.15, 0.2) is 0 Å². The molecule has 1 aromatic heterocycles. The van der Waals surface area contributed by atoms with E-state index in [-0.39, 0.29) is 0 Å². The van der Waals surface area contributed by atoms with Crippen LogP contribution in [0.2, 0.25) is 0 Å². The van der Waals surface area contributed by atoms with Crippen LogP contribution in [0.5, 0.6) is 0 Å². The predicted octanol–water partition coefficient (Wildman–Crippen LogP) is 12.3. The molecule has 0 aliphatic carbocycles. The molecule has 0 amide bonds. The molecular formula is C37H53O+. The van der Waals surface area contributed by atoms with Gasteiger partial charge in [-0.25, -0.2) is 4.42 Å². The molecule has 0 bridgehead atoms. The standard InChI is InChI=1S/C37H53O/c1-3-5-7-9-11-13-15-17-20-32-24-28-34(29-25-32)36-22-19-23-37(38-36)35-30-26-33(27-31-35)21-18-16-14-12-10-8-6-4-2/h19,22-31H,3-18,20-21H2,1-2H3/q+1. The minimum Gasteiger partial charge on any atom is -0.207 e. The quantitative estimate of drug-likeness (QED) is 0.108. The highest BCUT2D eigenvalue weighted by Gasteiger charge is 2.16. The van der Waals surface area contributed by atoms with Gasteiger partial charge in [-0.15, -0.1) is 0 Å². The lowest BCUT2D eigenvalue weighted by atomic mass is 10.0. The summed E-state index contributed by atoms with van der Waals surface area (Å²) in [5.74, 6) is 1.87. The molecule has 1 nitrogen and oxygen atoms in total. The lowest BCUT2D eigenvalue weighted by Gasteiger charge is -2.04. The van der Waals surface area contributed by atoms with Crippen molar-refractivity contribution < 1.29 is 4.42 Å². The summed E-state index contributed by atoms with van der Waals surface area (Å²) in [4.78, 5) is 0. The molecule has 0 saturated heterocycles. The first-order chi connectivity index (χ1) is 18.8. The van der Waals surface area contributed by atoms with Gasteiger partial charge in [0.2, 0.25) is 0 Å². The summed E-state index contributed by atoms with van der Waals surface area (Å²) in [5, 5.41) is 0. The van der Waals surface area contributed by atoms with Crippen molar-refractivity contribution in [3.8, 4) is 22.6 Å². The van der Waals surface area contributed by atoms with Crippen LogP contribution in [0, 0.1) is 0 Å². The molecule has 0 unspecified atom stereocenters. The lowest BCUT2D eigenvalue weighted by Crippen LogP contribution is -1.88. The molecule has 1 heterocycles. The third-order valence-electron chi connectivity index (χ3n) is 7.83. The number of rotatable bonds is 20. The van der Waals surface area contributed by atoms with Crippen LogP contribution < -0.4 is 0 Å². The molecule has 0 saturated carbocycles. The summed E-state index contributed by atoms with van der Waals surface area (Å²) in [6, 6.07) is 24.2. The Morgan fingerprint density at radius 3 is 1.11 bits per heavy atom. The van der Waals surface area contributed by atoms with Crippen LogP contribution in [0.3, 0.4) is 0 Å². The van der Waals surface area contributed by atoms with Crippen molar-refractivity contribution in [3.63, 3.8) is 0 Å². The zero-order chi connectivity index (χ0) is 26.7. The van der Waals surface area contributed by atoms with Crippen molar-refractivity contribution >= 4 is 0 Å². The van der Waals surface area contributed by atoms with Crippen LogP contribution in [0.1, 0.15) is 128 Å². The molecule has 2 aromatic carbocycles. The second-order valence-corrected chi connectivity index (χ2v) is 11.2. The molecule has 3 rings (SSSR count). The summed E-state index contributed by atoms with van der Waals surface area (Å²) in [5.41, 5.74) is 5.17. The van der Waals surface area contributed by atoms with Crippen LogP contribution in [0.25, 0.3) is 22.6 Å². The van der Waals surface area contributed by atoms with Gasteiger partial charge in [-0.2, -0.15) is 0 Å². The maximum Gasteiger partial charge on any atom is 0.360 e. The zero-order valence-electron chi connectivity index (χ0n) is 24.5. The van der Waals surface area contributed by atoms with E-state index in [4.69, 9.17) is 4.42 Å². The van der Waals surface area contributed by atoms with Gasteiger partial charge in [0, 0.05) is 12.1 Å². The smallest absolute Gasteiger partial charge is 0.207 e. The summed E-state index contributed by atoms with van der Waals surface area (Å²) < 4.78 is 6.34. The van der Waals surface area contributed by atoms with Gasteiger partial charge in [-0.1, -0.05) is 128 Å². The Morgan fingerprint density at radius 2 is 0.737 bits per heavy atom. The van der Waals surface area contributed by atoms with E-state index in [1.807, 2.05) is 0 Å². The minimum absolute atomic E-state index is 0.934. The van der Waals surface area contributed by atoms with Crippen molar-refractivity contribution in [1.82, 2.24) is 0 Å². The van der Waals surface area contributed by atoms with E-state index in [2.05, 4.69) is 80.6 Å². The Labute approximate surface area is 234 Å². The Balaban J connectivity index is 1.42. The molecule has 38 heavy (non-hydrogen) atoms. The largest absolute Gasteiger partial charge is 0.360 e. The number of unbranched alkanes of at least 4 members (excludes halogenated alkanes) is 14. The van der Waals surface area contributed by atoms with E-state index >= 15 is 0 Å². The Bertz CT molecular complexity index is 907. The molecule has 1 heteroatoms. The van der Waals surface area contributed by atoms with E-state index in [0.717, 1.165) is 22.6 Å². The Morgan fingerprint density at radius 1 is 0.395 bits per heavy atom. The fraction of sp³-hybridized carbons (Fsp3) is 0.541. The van der Waals surface area contributed by atoms with Crippen molar-refractivity contribution in [1.29, 1.82) is 0 Å². The van der Waals surface area contributed by atoms with Crippen LogP contribution in [0.15, 0.2) is 71.1 Å². The van der Waals surface area contributed by atoms with Gasteiger partial charge in [0.05, 0.1) is 11.1 Å². The SMILES string of the molecule is CCCCCCCCCCc1ccc(-c2cccc(-c3ccc(CCCCCCCCCC)cc3)[o+]2)cc1. The molecule has 0 fully saturated rings. The normalized spacial score (nSPS) is 11.2. The van der Waals surface area contributed by atoms with Crippen LogP contribution in [0.4, 0.5) is 0 Å². The van der Waals surface area contributed by atoms with Gasteiger partial charge in [-0.3, -0.25) is 0 Å². The average Bonchev–Trinajstić information content (AvgIpc) is 2.96. The zero-order valence-corrected chi connectivity index (χ0v) is 24.5. The molecule has 0 radical (unpaired) electrons. The van der Waals surface area contributed by atoms with E-state index < -0.39 is 0 Å². The predicted molar refractivity (Wildman–Crippen MR) is 167 cm³/mol. The van der Waals surface area contributed by atoms with Gasteiger partial charge < -0.3 is 0 Å². The van der Waals surface area contributed by atoms with Crippen molar-refractivity contribution in [2.75, 3.05) is 0 Å². The summed E-state index contributed by atoms with van der Waals surface area (Å²) >= 11 is 0. The highest BCUT2D eigenvalue weighted by atomic mass is 16.3. The highest BCUT2D eigenvalue weighted by Crippen LogP contribution is 2.27. The number of aryl methyl sites for hydroxylation is 2. The number of benzene rings is 2. The first kappa shape index (κ1) is 30.1. The number of hydrogen-bond donors (Lipinski definition) is 0. The monoisotopic (exact) mass is 513 g/mol. The van der Waals surface area contributed by atoms with E-state index in [9.17, 15) is 0 Å². The third kappa shape index (κ3) is 11.5. The molecule has 0 aliphatic heterocycles. The molecule has 0 atom stereocenters. The van der Waals surface area contributed by atoms with Crippen molar-refractivity contribution in [3.05, 3.63) is 77.9 Å². The van der Waals surface area contributed by atoms with Gasteiger partial charge >= 0.3 is 11.5 Å². The third-order valence-corrected chi connectivity index (χ3v) is 7.83. The molecule has 0 aliphatic rings. The lowest BCUT2D eigenvalue weighted by molar-refractivity contribution is 0.575. The fourth-order valence-electron chi connectivity index (χ4n) is 5.32. The molecule has 0 spiro atoms. The van der Waals surface area contributed by atoms with Crippen LogP contribution >= 0.6 is 0 Å². The molecular weight excluding hydrogens is 460 g/mol. The van der Waals surface area contributed by atoms with Crippen LogP contribution in [-0.4, -0.2) is 0 Å². The highest BCUT2D eigenvalue weighted by molar-refractivity contribution is 5.63. The molecule has 0 N–H and O–H groups in total. The topological polar surface area (TPSA) is 11.3 Å². The first-order valence-electron chi connectivity index (χ1n) is 15.9. The summed E-state index contributed by atoms with van der Waals surface area (Å²) in [6.07, 6.45) is 24.3. The Kier molecular flexibility index (Phi) is 14.9. The maximum atomic E-state index is 6.34. The van der Waals surface area contributed by atoms with Crippen molar-refractivity contribution in [2.45, 2.75) is 129 Å². The van der Waals surface area contributed by atoms with E-state index in [1.165, 1.54) is 127 Å². The van der Waals surface area contributed by atoms with Crippen molar-refractivity contribution in [2.24, 2.45) is 0 Å². The van der Waals surface area contributed by atoms with Crippen LogP contribution in [-0.2, 0) is 12.8 Å². The summed E-state index contributed by atoms with van der Waals surface area (Å²) in [6.45, 7) is 4.57. The first-order valence-corrected chi connectivity index (χ1v) is 15.9. The average molecular weight is 514 g/mol. The molecule has 206 valence electrons. The van der Waals surface area contributed by atoms with Gasteiger partial charge in [0.1, 0.15) is 0 Å². The minimum atomic E-state index is 0.934. The second kappa shape index (κ2) is 18.8. The van der Waals surface area contributed by atoms with E-state index in [1.54, 1.807) is 0 Å². The fourth-order valence-corrected chi connectivity index (χ4v) is 5.32. The number of hydrogen-bond acceptors (Lipinski definition) is 0. The summed E-state index contributed by atoms with van der Waals surface area (Å²) in [7, 11) is 0. The van der Waals surface area contributed by atoms with E-state index in [0.29, 0.717) is 0 Å². The second-order valence-electron chi connectivity index (χ2n) is 11.2. The van der Waals surface area contributed by atoms with Gasteiger partial charge in [0.25, 0.3) is 0 Å². The van der Waals surface area contributed by atoms with Gasteiger partial charge in [-0.05, 0) is 67.1 Å². The Hall–Kier alpha value is -2.41. The maximum absolute atomic E-state index is 6.34.